The Hall–Kier alpha value is -1.68. The highest BCUT2D eigenvalue weighted by Gasteiger charge is 2.43. The van der Waals surface area contributed by atoms with E-state index in [2.05, 4.69) is 31.4 Å². The lowest BCUT2D eigenvalue weighted by molar-refractivity contribution is -0.134. The van der Waals surface area contributed by atoms with Gasteiger partial charge in [-0.05, 0) is 45.4 Å². The Labute approximate surface area is 180 Å². The molecule has 0 aromatic heterocycles. The number of nitrogens with one attached hydrogen (secondary N) is 2. The fourth-order valence-corrected chi connectivity index (χ4v) is 4.68. The molecule has 7 heteroatoms. The molecule has 2 rings (SSSR count). The first-order valence-electron chi connectivity index (χ1n) is 11.6. The summed E-state index contributed by atoms with van der Waals surface area (Å²) in [5.41, 5.74) is -0.619. The summed E-state index contributed by atoms with van der Waals surface area (Å²) >= 11 is 0. The molecule has 2 N–H and O–H groups in total. The van der Waals surface area contributed by atoms with E-state index in [0.29, 0.717) is 0 Å². The average Bonchev–Trinajstić information content (AvgIpc) is 3.10. The average molecular weight is 423 g/mol. The van der Waals surface area contributed by atoms with Crippen LogP contribution in [0, 0.1) is 16.7 Å². The van der Waals surface area contributed by atoms with Crippen LogP contribution in [0.25, 0.3) is 0 Å². The first-order chi connectivity index (χ1) is 14.2. The summed E-state index contributed by atoms with van der Waals surface area (Å²) in [5.74, 6) is -0.0774. The molecule has 0 bridgehead atoms. The molecule has 1 saturated heterocycles. The third-order valence-corrected chi connectivity index (χ3v) is 7.00. The Kier molecular flexibility index (Phi) is 8.66. The van der Waals surface area contributed by atoms with E-state index in [9.17, 15) is 14.0 Å². The van der Waals surface area contributed by atoms with Crippen LogP contribution in [0.5, 0.6) is 0 Å². The van der Waals surface area contributed by atoms with Gasteiger partial charge in [-0.2, -0.15) is 5.26 Å². The zero-order valence-corrected chi connectivity index (χ0v) is 19.1. The molecule has 6 nitrogen and oxygen atoms in total. The van der Waals surface area contributed by atoms with E-state index in [4.69, 9.17) is 5.26 Å². The zero-order chi connectivity index (χ0) is 22.4. The third kappa shape index (κ3) is 6.16. The standard InChI is InChI=1S/C23H39FN4O2/c1-5-7-18(8-6-2)27-21(30)22(3)9-11-23(4,12-10-22)26-15-20(29)28-16-17(24)13-19(28)14-25/h17-19,26H,5-13,15-16H2,1-4H3,(H,27,30)/t17-,19-,22?,23?/m0/s1. The van der Waals surface area contributed by atoms with Crippen LogP contribution < -0.4 is 10.6 Å². The maximum Gasteiger partial charge on any atom is 0.237 e. The molecular weight excluding hydrogens is 383 g/mol. The van der Waals surface area contributed by atoms with Crippen LogP contribution in [-0.2, 0) is 9.59 Å². The van der Waals surface area contributed by atoms with E-state index >= 15 is 0 Å². The summed E-state index contributed by atoms with van der Waals surface area (Å²) in [5, 5.41) is 15.8. The van der Waals surface area contributed by atoms with Gasteiger partial charge in [0.25, 0.3) is 0 Å². The van der Waals surface area contributed by atoms with Gasteiger partial charge in [-0.3, -0.25) is 9.59 Å². The van der Waals surface area contributed by atoms with Gasteiger partial charge in [0.2, 0.25) is 11.8 Å². The van der Waals surface area contributed by atoms with Crippen molar-refractivity contribution in [2.75, 3.05) is 13.1 Å². The van der Waals surface area contributed by atoms with Gasteiger partial charge in [0, 0.05) is 23.4 Å². The number of carbonyl (C=O) groups is 2. The lowest BCUT2D eigenvalue weighted by Gasteiger charge is -2.43. The van der Waals surface area contributed by atoms with Crippen LogP contribution in [0.3, 0.4) is 0 Å². The smallest absolute Gasteiger partial charge is 0.237 e. The summed E-state index contributed by atoms with van der Waals surface area (Å²) in [7, 11) is 0. The highest BCUT2D eigenvalue weighted by Crippen LogP contribution is 2.41. The van der Waals surface area contributed by atoms with E-state index < -0.39 is 12.2 Å². The molecule has 1 saturated carbocycles. The number of likely N-dealkylation sites (tertiary alicyclic amines) is 1. The molecule has 0 aromatic rings. The van der Waals surface area contributed by atoms with Gasteiger partial charge < -0.3 is 15.5 Å². The Morgan fingerprint density at radius 3 is 2.30 bits per heavy atom. The van der Waals surface area contributed by atoms with Crippen molar-refractivity contribution < 1.29 is 14.0 Å². The largest absolute Gasteiger partial charge is 0.353 e. The first kappa shape index (κ1) is 24.6. The minimum Gasteiger partial charge on any atom is -0.353 e. The normalized spacial score (nSPS) is 31.6. The lowest BCUT2D eigenvalue weighted by atomic mass is 9.68. The van der Waals surface area contributed by atoms with E-state index in [-0.39, 0.29) is 48.3 Å². The van der Waals surface area contributed by atoms with Gasteiger partial charge in [-0.25, -0.2) is 4.39 Å². The predicted octanol–water partition coefficient (Wildman–Crippen LogP) is 3.46. The van der Waals surface area contributed by atoms with Crippen LogP contribution in [0.4, 0.5) is 4.39 Å². The number of hydrogen-bond donors (Lipinski definition) is 2. The minimum atomic E-state index is -1.12. The van der Waals surface area contributed by atoms with Gasteiger partial charge in [0.15, 0.2) is 0 Å². The van der Waals surface area contributed by atoms with Crippen LogP contribution in [-0.4, -0.2) is 53.6 Å². The molecule has 0 radical (unpaired) electrons. The number of rotatable bonds is 9. The maximum atomic E-state index is 13.6. The van der Waals surface area contributed by atoms with E-state index in [1.165, 1.54) is 4.90 Å². The summed E-state index contributed by atoms with van der Waals surface area (Å²) in [6.45, 7) is 8.52. The van der Waals surface area contributed by atoms with Crippen LogP contribution in [0.2, 0.25) is 0 Å². The summed E-state index contributed by atoms with van der Waals surface area (Å²) in [4.78, 5) is 26.8. The number of hydrogen-bond acceptors (Lipinski definition) is 4. The van der Waals surface area contributed by atoms with E-state index in [0.717, 1.165) is 51.4 Å². The number of nitriles is 1. The van der Waals surface area contributed by atoms with Crippen molar-refractivity contribution in [1.29, 1.82) is 5.26 Å². The van der Waals surface area contributed by atoms with Crippen molar-refractivity contribution in [1.82, 2.24) is 15.5 Å². The number of halogens is 1. The van der Waals surface area contributed by atoms with Crippen LogP contribution >= 0.6 is 0 Å². The molecule has 2 fully saturated rings. The molecule has 0 unspecified atom stereocenters. The van der Waals surface area contributed by atoms with Gasteiger partial charge >= 0.3 is 0 Å². The molecule has 1 aliphatic carbocycles. The van der Waals surface area contributed by atoms with Crippen molar-refractivity contribution in [2.45, 2.75) is 109 Å². The summed E-state index contributed by atoms with van der Waals surface area (Å²) in [6.07, 6.45) is 6.24. The monoisotopic (exact) mass is 422 g/mol. The van der Waals surface area contributed by atoms with Crippen molar-refractivity contribution in [3.05, 3.63) is 0 Å². The second kappa shape index (κ2) is 10.6. The second-order valence-electron chi connectivity index (χ2n) is 9.75. The minimum absolute atomic E-state index is 0.00435. The third-order valence-electron chi connectivity index (χ3n) is 7.00. The quantitative estimate of drug-likeness (QED) is 0.596. The Morgan fingerprint density at radius 1 is 1.17 bits per heavy atom. The van der Waals surface area contributed by atoms with Crippen molar-refractivity contribution >= 4 is 11.8 Å². The molecule has 2 atom stereocenters. The molecule has 2 amide bonds. The topological polar surface area (TPSA) is 85.2 Å². The zero-order valence-electron chi connectivity index (χ0n) is 19.1. The fourth-order valence-electron chi connectivity index (χ4n) is 4.68. The molecular formula is C23H39FN4O2. The molecule has 2 aliphatic rings. The van der Waals surface area contributed by atoms with E-state index in [1.54, 1.807) is 0 Å². The second-order valence-corrected chi connectivity index (χ2v) is 9.75. The van der Waals surface area contributed by atoms with Crippen molar-refractivity contribution in [3.8, 4) is 6.07 Å². The van der Waals surface area contributed by atoms with Gasteiger partial charge in [0.1, 0.15) is 12.2 Å². The highest BCUT2D eigenvalue weighted by atomic mass is 19.1. The van der Waals surface area contributed by atoms with Gasteiger partial charge in [-0.15, -0.1) is 0 Å². The molecule has 1 aliphatic heterocycles. The fraction of sp³-hybridized carbons (Fsp3) is 0.870. The van der Waals surface area contributed by atoms with E-state index in [1.807, 2.05) is 13.0 Å². The highest BCUT2D eigenvalue weighted by molar-refractivity contribution is 5.82. The Balaban J connectivity index is 1.86. The number of nitrogens with zero attached hydrogens (tertiary/aromatic N) is 2. The molecule has 1 heterocycles. The Morgan fingerprint density at radius 2 is 1.77 bits per heavy atom. The van der Waals surface area contributed by atoms with Crippen LogP contribution in [0.1, 0.15) is 85.5 Å². The Bertz CT molecular complexity index is 634. The number of amides is 2. The predicted molar refractivity (Wildman–Crippen MR) is 115 cm³/mol. The maximum absolute atomic E-state index is 13.6. The number of alkyl halides is 1. The summed E-state index contributed by atoms with van der Waals surface area (Å²) in [6, 6.07) is 1.61. The SMILES string of the molecule is CCCC(CCC)NC(=O)C1(C)CCC(C)(NCC(=O)N2C[C@@H](F)C[C@H]2C#N)CC1. The lowest BCUT2D eigenvalue weighted by Crippen LogP contribution is -2.54. The van der Waals surface area contributed by atoms with Crippen molar-refractivity contribution in [2.24, 2.45) is 5.41 Å². The van der Waals surface area contributed by atoms with Gasteiger partial charge in [-0.1, -0.05) is 33.6 Å². The summed E-state index contributed by atoms with van der Waals surface area (Å²) < 4.78 is 13.6. The molecule has 30 heavy (non-hydrogen) atoms. The molecule has 170 valence electrons. The number of carbonyl (C=O) groups excluding carboxylic acids is 2. The van der Waals surface area contributed by atoms with Gasteiger partial charge in [0.05, 0.1) is 19.2 Å². The molecule has 0 aromatic carbocycles. The van der Waals surface area contributed by atoms with Crippen LogP contribution in [0.15, 0.2) is 0 Å². The van der Waals surface area contributed by atoms with Crippen molar-refractivity contribution in [3.63, 3.8) is 0 Å². The molecule has 0 spiro atoms. The first-order valence-corrected chi connectivity index (χ1v) is 11.6.